The Morgan fingerprint density at radius 2 is 2.14 bits per heavy atom. The van der Waals surface area contributed by atoms with E-state index < -0.39 is 5.82 Å². The second-order valence-electron chi connectivity index (χ2n) is 2.58. The largest absolute Gasteiger partial charge is 0.207 e. The van der Waals surface area contributed by atoms with Gasteiger partial charge in [0.15, 0.2) is 0 Å². The van der Waals surface area contributed by atoms with Crippen molar-refractivity contribution in [2.75, 3.05) is 5.75 Å². The van der Waals surface area contributed by atoms with E-state index in [1.165, 1.54) is 18.2 Å². The molecule has 1 nitrogen and oxygen atoms in total. The summed E-state index contributed by atoms with van der Waals surface area (Å²) in [4.78, 5) is 0. The molecule has 0 N–H and O–H groups in total. The Balaban J connectivity index is 3.00. The molecule has 0 unspecified atom stereocenters. The summed E-state index contributed by atoms with van der Waals surface area (Å²) in [5.74, 6) is 5.91. The zero-order valence-corrected chi connectivity index (χ0v) is 8.31. The lowest BCUT2D eigenvalue weighted by Crippen LogP contribution is -1.85. The summed E-state index contributed by atoms with van der Waals surface area (Å²) in [5, 5.41) is 8.70. The van der Waals surface area contributed by atoms with Gasteiger partial charge in [-0.1, -0.05) is 11.8 Å². The molecular formula is C11H8FNS. The van der Waals surface area contributed by atoms with E-state index in [2.05, 4.69) is 24.5 Å². The fourth-order valence-electron chi connectivity index (χ4n) is 0.932. The third kappa shape index (κ3) is 2.80. The van der Waals surface area contributed by atoms with Gasteiger partial charge in [-0.05, 0) is 18.2 Å². The van der Waals surface area contributed by atoms with Crippen LogP contribution in [0.2, 0.25) is 0 Å². The third-order valence-corrected chi connectivity index (χ3v) is 1.79. The minimum Gasteiger partial charge on any atom is -0.207 e. The molecular weight excluding hydrogens is 197 g/mol. The average molecular weight is 205 g/mol. The summed E-state index contributed by atoms with van der Waals surface area (Å²) < 4.78 is 12.7. The normalized spacial score (nSPS) is 8.64. The van der Waals surface area contributed by atoms with Gasteiger partial charge < -0.3 is 0 Å². The van der Waals surface area contributed by atoms with E-state index in [1.807, 2.05) is 6.07 Å². The molecule has 1 rings (SSSR count). The van der Waals surface area contributed by atoms with Crippen molar-refractivity contribution in [3.63, 3.8) is 0 Å². The Morgan fingerprint density at radius 1 is 1.36 bits per heavy atom. The molecule has 1 aromatic carbocycles. The number of nitriles is 1. The van der Waals surface area contributed by atoms with Crippen molar-refractivity contribution in [2.24, 2.45) is 0 Å². The van der Waals surface area contributed by atoms with Gasteiger partial charge in [-0.15, -0.1) is 0 Å². The highest BCUT2D eigenvalue weighted by Crippen LogP contribution is 2.08. The maximum absolute atomic E-state index is 12.7. The van der Waals surface area contributed by atoms with E-state index in [0.29, 0.717) is 17.7 Å². The van der Waals surface area contributed by atoms with Crippen LogP contribution in [-0.2, 0) is 0 Å². The van der Waals surface area contributed by atoms with E-state index >= 15 is 0 Å². The van der Waals surface area contributed by atoms with Gasteiger partial charge in [0.1, 0.15) is 11.9 Å². The maximum Gasteiger partial charge on any atom is 0.124 e. The first-order valence-corrected chi connectivity index (χ1v) is 4.70. The molecule has 1 aromatic rings. The first-order chi connectivity index (χ1) is 6.77. The topological polar surface area (TPSA) is 23.8 Å². The van der Waals surface area contributed by atoms with Crippen molar-refractivity contribution in [3.8, 4) is 17.9 Å². The highest BCUT2D eigenvalue weighted by Gasteiger charge is 1.99. The van der Waals surface area contributed by atoms with Crippen LogP contribution in [0, 0.1) is 29.0 Å². The molecule has 0 atom stereocenters. The minimum atomic E-state index is -0.415. The molecule has 0 aromatic heterocycles. The maximum atomic E-state index is 12.7. The summed E-state index contributed by atoms with van der Waals surface area (Å²) in [5.41, 5.74) is 0.840. The summed E-state index contributed by atoms with van der Waals surface area (Å²) >= 11 is 4.00. The number of hydrogen-bond donors (Lipinski definition) is 1. The van der Waals surface area contributed by atoms with E-state index in [9.17, 15) is 4.39 Å². The van der Waals surface area contributed by atoms with Gasteiger partial charge in [0.05, 0.1) is 5.56 Å². The van der Waals surface area contributed by atoms with E-state index in [1.54, 1.807) is 0 Å². The van der Waals surface area contributed by atoms with Gasteiger partial charge in [0, 0.05) is 17.7 Å². The first kappa shape index (κ1) is 10.6. The molecule has 0 aliphatic carbocycles. The second kappa shape index (κ2) is 5.32. The van der Waals surface area contributed by atoms with Gasteiger partial charge in [-0.2, -0.15) is 17.9 Å². The van der Waals surface area contributed by atoms with Crippen LogP contribution in [0.1, 0.15) is 17.5 Å². The van der Waals surface area contributed by atoms with Crippen LogP contribution in [0.25, 0.3) is 0 Å². The van der Waals surface area contributed by atoms with Crippen molar-refractivity contribution < 1.29 is 4.39 Å². The van der Waals surface area contributed by atoms with Gasteiger partial charge in [-0.3, -0.25) is 0 Å². The highest BCUT2D eigenvalue weighted by atomic mass is 32.1. The van der Waals surface area contributed by atoms with Gasteiger partial charge in [0.25, 0.3) is 0 Å². The molecule has 0 radical (unpaired) electrons. The molecule has 0 saturated carbocycles. The summed E-state index contributed by atoms with van der Waals surface area (Å²) in [6.45, 7) is 0. The predicted molar refractivity (Wildman–Crippen MR) is 56.5 cm³/mol. The fraction of sp³-hybridized carbons (Fsp3) is 0.182. The lowest BCUT2D eigenvalue weighted by atomic mass is 10.1. The third-order valence-electron chi connectivity index (χ3n) is 1.56. The van der Waals surface area contributed by atoms with Crippen molar-refractivity contribution in [1.82, 2.24) is 0 Å². The molecule has 0 spiro atoms. The van der Waals surface area contributed by atoms with Gasteiger partial charge >= 0.3 is 0 Å². The molecule has 70 valence electrons. The molecule has 0 heterocycles. The van der Waals surface area contributed by atoms with E-state index in [4.69, 9.17) is 5.26 Å². The quantitative estimate of drug-likeness (QED) is 0.552. The number of hydrogen-bond acceptors (Lipinski definition) is 2. The first-order valence-electron chi connectivity index (χ1n) is 4.07. The standard InChI is InChI=1S/C11H8FNS/c12-11-5-4-9(3-1-2-6-14)10(7-11)8-13/h4-5,7,14H,2,6H2. The van der Waals surface area contributed by atoms with Gasteiger partial charge in [-0.25, -0.2) is 4.39 Å². The molecule has 0 aliphatic heterocycles. The number of halogens is 1. The van der Waals surface area contributed by atoms with Crippen LogP contribution in [-0.4, -0.2) is 5.75 Å². The number of benzene rings is 1. The van der Waals surface area contributed by atoms with Crippen LogP contribution < -0.4 is 0 Å². The Hall–Kier alpha value is -1.45. The highest BCUT2D eigenvalue weighted by molar-refractivity contribution is 7.80. The Labute approximate surface area is 88.0 Å². The van der Waals surface area contributed by atoms with Crippen molar-refractivity contribution >= 4 is 12.6 Å². The molecule has 0 aliphatic rings. The predicted octanol–water partition coefficient (Wildman–Crippen LogP) is 2.37. The molecule has 0 saturated heterocycles. The van der Waals surface area contributed by atoms with E-state index in [-0.39, 0.29) is 5.56 Å². The number of thiol groups is 1. The van der Waals surface area contributed by atoms with E-state index in [0.717, 1.165) is 0 Å². The van der Waals surface area contributed by atoms with Crippen molar-refractivity contribution in [2.45, 2.75) is 6.42 Å². The summed E-state index contributed by atoms with van der Waals surface area (Å²) in [7, 11) is 0. The monoisotopic (exact) mass is 205 g/mol. The minimum absolute atomic E-state index is 0.275. The number of nitrogens with zero attached hydrogens (tertiary/aromatic N) is 1. The lowest BCUT2D eigenvalue weighted by molar-refractivity contribution is 0.627. The Bertz CT molecular complexity index is 423. The van der Waals surface area contributed by atoms with Gasteiger partial charge in [0.2, 0.25) is 0 Å². The van der Waals surface area contributed by atoms with Crippen LogP contribution in [0.4, 0.5) is 4.39 Å². The van der Waals surface area contributed by atoms with Crippen LogP contribution in [0.15, 0.2) is 18.2 Å². The lowest BCUT2D eigenvalue weighted by Gasteiger charge is -1.94. The molecule has 0 amide bonds. The summed E-state index contributed by atoms with van der Waals surface area (Å²) in [6, 6.07) is 5.90. The van der Waals surface area contributed by atoms with Crippen LogP contribution in [0.5, 0.6) is 0 Å². The van der Waals surface area contributed by atoms with Crippen molar-refractivity contribution in [3.05, 3.63) is 35.1 Å². The molecule has 14 heavy (non-hydrogen) atoms. The van der Waals surface area contributed by atoms with Crippen LogP contribution >= 0.6 is 12.6 Å². The van der Waals surface area contributed by atoms with Crippen LogP contribution in [0.3, 0.4) is 0 Å². The SMILES string of the molecule is N#Cc1cc(F)ccc1C#CCCS. The Kier molecular flexibility index (Phi) is 4.04. The number of rotatable bonds is 1. The van der Waals surface area contributed by atoms with Crippen molar-refractivity contribution in [1.29, 1.82) is 5.26 Å². The zero-order chi connectivity index (χ0) is 10.4. The smallest absolute Gasteiger partial charge is 0.124 e. The molecule has 0 bridgehead atoms. The molecule has 3 heteroatoms. The molecule has 0 fully saturated rings. The second-order valence-corrected chi connectivity index (χ2v) is 3.02. The average Bonchev–Trinajstić information content (AvgIpc) is 2.20. The summed E-state index contributed by atoms with van der Waals surface area (Å²) in [6.07, 6.45) is 0.658. The zero-order valence-electron chi connectivity index (χ0n) is 7.42. The fourth-order valence-corrected chi connectivity index (χ4v) is 1.04. The Morgan fingerprint density at radius 3 is 2.79 bits per heavy atom.